The number of nitriles is 1. The summed E-state index contributed by atoms with van der Waals surface area (Å²) < 4.78 is 10.3. The van der Waals surface area contributed by atoms with Crippen molar-refractivity contribution in [1.82, 2.24) is 4.98 Å². The third-order valence-corrected chi connectivity index (χ3v) is 2.19. The predicted octanol–water partition coefficient (Wildman–Crippen LogP) is 1.80. The lowest BCUT2D eigenvalue weighted by Gasteiger charge is -2.08. The third kappa shape index (κ3) is 1.57. The van der Waals surface area contributed by atoms with E-state index in [4.69, 9.17) is 20.1 Å². The Morgan fingerprint density at radius 1 is 1.50 bits per heavy atom. The minimum absolute atomic E-state index is 0.377. The lowest BCUT2D eigenvalue weighted by molar-refractivity contribution is 0.415. The highest BCUT2D eigenvalue weighted by Gasteiger charge is 2.12. The summed E-state index contributed by atoms with van der Waals surface area (Å²) in [5, 5.41) is 8.89. The molecule has 2 N–H and O–H groups in total. The number of methoxy groups -OCH3 is 1. The molecule has 80 valence electrons. The zero-order valence-electron chi connectivity index (χ0n) is 8.60. The highest BCUT2D eigenvalue weighted by Crippen LogP contribution is 2.33. The van der Waals surface area contributed by atoms with E-state index in [0.717, 1.165) is 0 Å². The Balaban J connectivity index is 2.64. The van der Waals surface area contributed by atoms with Gasteiger partial charge in [0.2, 0.25) is 0 Å². The molecule has 0 radical (unpaired) electrons. The summed E-state index contributed by atoms with van der Waals surface area (Å²) >= 11 is 0. The molecule has 0 fully saturated rings. The van der Waals surface area contributed by atoms with Gasteiger partial charge in [-0.1, -0.05) is 0 Å². The van der Waals surface area contributed by atoms with Crippen molar-refractivity contribution >= 4 is 5.69 Å². The van der Waals surface area contributed by atoms with Gasteiger partial charge in [0.1, 0.15) is 11.8 Å². The number of rotatable bonds is 2. The lowest BCUT2D eigenvalue weighted by Crippen LogP contribution is -1.94. The van der Waals surface area contributed by atoms with Crippen LogP contribution in [0.25, 0.3) is 11.3 Å². The van der Waals surface area contributed by atoms with Crippen LogP contribution in [0, 0.1) is 11.3 Å². The molecule has 16 heavy (non-hydrogen) atoms. The van der Waals surface area contributed by atoms with Gasteiger partial charge in [0.25, 0.3) is 0 Å². The monoisotopic (exact) mass is 215 g/mol. The van der Waals surface area contributed by atoms with E-state index in [1.165, 1.54) is 13.5 Å². The van der Waals surface area contributed by atoms with Crippen molar-refractivity contribution in [1.29, 1.82) is 5.26 Å². The van der Waals surface area contributed by atoms with Crippen LogP contribution in [0.5, 0.6) is 5.75 Å². The fraction of sp³-hybridized carbons (Fsp3) is 0.0909. The van der Waals surface area contributed by atoms with Gasteiger partial charge in [0, 0.05) is 6.07 Å². The molecule has 0 unspecified atom stereocenters. The maximum atomic E-state index is 8.89. The normalized spacial score (nSPS) is 9.75. The fourth-order valence-electron chi connectivity index (χ4n) is 1.40. The molecular formula is C11H9N3O2. The number of hydrogen-bond acceptors (Lipinski definition) is 5. The van der Waals surface area contributed by atoms with E-state index in [1.807, 2.05) is 6.07 Å². The Labute approximate surface area is 92.1 Å². The molecule has 0 aliphatic carbocycles. The molecule has 0 atom stereocenters. The topological polar surface area (TPSA) is 85.1 Å². The Kier molecular flexibility index (Phi) is 2.48. The van der Waals surface area contributed by atoms with Crippen LogP contribution in [-0.2, 0) is 0 Å². The zero-order valence-corrected chi connectivity index (χ0v) is 8.60. The Morgan fingerprint density at radius 2 is 2.31 bits per heavy atom. The second kappa shape index (κ2) is 3.95. The number of oxazole rings is 1. The summed E-state index contributed by atoms with van der Waals surface area (Å²) in [5.74, 6) is 1.08. The van der Waals surface area contributed by atoms with Gasteiger partial charge in [0.05, 0.1) is 30.1 Å². The maximum absolute atomic E-state index is 8.89. The lowest BCUT2D eigenvalue weighted by atomic mass is 10.1. The molecule has 0 bridgehead atoms. The molecule has 1 aromatic heterocycles. The molecular weight excluding hydrogens is 206 g/mol. The second-order valence-corrected chi connectivity index (χ2v) is 3.12. The van der Waals surface area contributed by atoms with Crippen LogP contribution in [0.1, 0.15) is 5.56 Å². The SMILES string of the molecule is COc1cc(N)c(C#N)cc1-c1cnco1. The van der Waals surface area contributed by atoms with Crippen molar-refractivity contribution in [3.8, 4) is 23.1 Å². The van der Waals surface area contributed by atoms with Crippen LogP contribution in [0.4, 0.5) is 5.69 Å². The highest BCUT2D eigenvalue weighted by molar-refractivity contribution is 5.73. The number of nitrogens with zero attached hydrogens (tertiary/aromatic N) is 2. The predicted molar refractivity (Wildman–Crippen MR) is 57.6 cm³/mol. The van der Waals surface area contributed by atoms with Crippen molar-refractivity contribution in [3.05, 3.63) is 30.3 Å². The molecule has 5 heteroatoms. The van der Waals surface area contributed by atoms with Crippen LogP contribution >= 0.6 is 0 Å². The van der Waals surface area contributed by atoms with Crippen LogP contribution in [-0.4, -0.2) is 12.1 Å². The second-order valence-electron chi connectivity index (χ2n) is 3.12. The standard InChI is InChI=1S/C11H9N3O2/c1-15-10-3-9(13)7(4-12)2-8(10)11-5-14-6-16-11/h2-3,5-6H,13H2,1H3. The number of benzene rings is 1. The van der Waals surface area contributed by atoms with Gasteiger partial charge >= 0.3 is 0 Å². The average Bonchev–Trinajstić information content (AvgIpc) is 2.82. The molecule has 0 aliphatic rings. The van der Waals surface area contributed by atoms with E-state index in [0.29, 0.717) is 28.3 Å². The van der Waals surface area contributed by atoms with Gasteiger partial charge in [-0.15, -0.1) is 0 Å². The van der Waals surface area contributed by atoms with E-state index in [2.05, 4.69) is 4.98 Å². The molecule has 0 aliphatic heterocycles. The summed E-state index contributed by atoms with van der Waals surface area (Å²) in [6, 6.07) is 5.22. The number of anilines is 1. The minimum Gasteiger partial charge on any atom is -0.496 e. The first-order valence-corrected chi connectivity index (χ1v) is 4.52. The fourth-order valence-corrected chi connectivity index (χ4v) is 1.40. The summed E-state index contributed by atoms with van der Waals surface area (Å²) in [7, 11) is 1.53. The number of nitrogens with two attached hydrogens (primary N) is 1. The van der Waals surface area contributed by atoms with Crippen LogP contribution in [0.2, 0.25) is 0 Å². The summed E-state index contributed by atoms with van der Waals surface area (Å²) in [5.41, 5.74) is 7.10. The van der Waals surface area contributed by atoms with Crippen molar-refractivity contribution < 1.29 is 9.15 Å². The van der Waals surface area contributed by atoms with E-state index < -0.39 is 0 Å². The first-order chi connectivity index (χ1) is 7.76. The number of aromatic nitrogens is 1. The van der Waals surface area contributed by atoms with E-state index in [1.54, 1.807) is 18.3 Å². The Morgan fingerprint density at radius 3 is 2.88 bits per heavy atom. The van der Waals surface area contributed by atoms with Gasteiger partial charge in [0.15, 0.2) is 12.2 Å². The molecule has 0 amide bonds. The summed E-state index contributed by atoms with van der Waals surface area (Å²) in [6.07, 6.45) is 2.87. The van der Waals surface area contributed by atoms with Crippen LogP contribution in [0.3, 0.4) is 0 Å². The van der Waals surface area contributed by atoms with Crippen molar-refractivity contribution in [2.75, 3.05) is 12.8 Å². The van der Waals surface area contributed by atoms with Gasteiger partial charge in [-0.25, -0.2) is 4.98 Å². The summed E-state index contributed by atoms with van der Waals surface area (Å²) in [6.45, 7) is 0. The quantitative estimate of drug-likeness (QED) is 0.772. The Bertz CT molecular complexity index is 541. The van der Waals surface area contributed by atoms with Gasteiger partial charge in [-0.2, -0.15) is 5.26 Å². The number of hydrogen-bond donors (Lipinski definition) is 1. The van der Waals surface area contributed by atoms with Gasteiger partial charge < -0.3 is 14.9 Å². The first kappa shape index (κ1) is 10.1. The van der Waals surface area contributed by atoms with E-state index >= 15 is 0 Å². The molecule has 2 rings (SSSR count). The van der Waals surface area contributed by atoms with Crippen LogP contribution in [0.15, 0.2) is 29.1 Å². The maximum Gasteiger partial charge on any atom is 0.181 e. The van der Waals surface area contributed by atoms with Crippen molar-refractivity contribution in [3.63, 3.8) is 0 Å². The molecule has 0 saturated heterocycles. The van der Waals surface area contributed by atoms with Crippen molar-refractivity contribution in [2.45, 2.75) is 0 Å². The third-order valence-electron chi connectivity index (χ3n) is 2.19. The Hall–Kier alpha value is -2.48. The number of ether oxygens (including phenoxy) is 1. The zero-order chi connectivity index (χ0) is 11.5. The largest absolute Gasteiger partial charge is 0.496 e. The number of nitrogen functional groups attached to an aromatic ring is 1. The minimum atomic E-state index is 0.377. The molecule has 1 aromatic carbocycles. The molecule has 0 spiro atoms. The molecule has 0 saturated carbocycles. The van der Waals surface area contributed by atoms with Gasteiger partial charge in [-0.05, 0) is 6.07 Å². The van der Waals surface area contributed by atoms with Crippen LogP contribution < -0.4 is 10.5 Å². The van der Waals surface area contributed by atoms with E-state index in [-0.39, 0.29) is 0 Å². The average molecular weight is 215 g/mol. The molecule has 2 aromatic rings. The highest BCUT2D eigenvalue weighted by atomic mass is 16.5. The molecule has 1 heterocycles. The first-order valence-electron chi connectivity index (χ1n) is 4.52. The van der Waals surface area contributed by atoms with E-state index in [9.17, 15) is 0 Å². The smallest absolute Gasteiger partial charge is 0.181 e. The molecule has 5 nitrogen and oxygen atoms in total. The van der Waals surface area contributed by atoms with Crippen molar-refractivity contribution in [2.24, 2.45) is 0 Å². The van der Waals surface area contributed by atoms with Gasteiger partial charge in [-0.3, -0.25) is 0 Å². The summed E-state index contributed by atoms with van der Waals surface area (Å²) in [4.78, 5) is 3.82.